The summed E-state index contributed by atoms with van der Waals surface area (Å²) in [5.41, 5.74) is 0.0337. The smallest absolute Gasteiger partial charge is 0.141 e. The number of nitriles is 1. The van der Waals surface area contributed by atoms with E-state index in [0.29, 0.717) is 5.92 Å². The lowest BCUT2D eigenvalue weighted by Crippen LogP contribution is -2.15. The second kappa shape index (κ2) is 5.71. The first-order valence-electron chi connectivity index (χ1n) is 6.16. The van der Waals surface area contributed by atoms with Gasteiger partial charge in [0.2, 0.25) is 0 Å². The lowest BCUT2D eigenvalue weighted by atomic mass is 9.91. The monoisotopic (exact) mass is 267 g/mol. The molecule has 1 fully saturated rings. The fourth-order valence-corrected chi connectivity index (χ4v) is 3.77. The van der Waals surface area contributed by atoms with E-state index in [2.05, 4.69) is 6.92 Å². The summed E-state index contributed by atoms with van der Waals surface area (Å²) in [7, 11) is 0. The van der Waals surface area contributed by atoms with Gasteiger partial charge in [-0.15, -0.1) is 11.8 Å². The zero-order chi connectivity index (χ0) is 13.1. The molecule has 0 amide bonds. The van der Waals surface area contributed by atoms with Crippen molar-refractivity contribution in [2.24, 2.45) is 5.92 Å². The van der Waals surface area contributed by atoms with Crippen LogP contribution in [-0.4, -0.2) is 5.25 Å². The number of hydrogen-bond donors (Lipinski definition) is 0. The molecule has 1 saturated carbocycles. The molecule has 1 nitrogen and oxygen atoms in total. The number of benzene rings is 1. The Hall–Kier alpha value is -1.08. The van der Waals surface area contributed by atoms with Crippen LogP contribution in [-0.2, 0) is 0 Å². The van der Waals surface area contributed by atoms with Crippen LogP contribution in [0.1, 0.15) is 38.2 Å². The first-order valence-corrected chi connectivity index (χ1v) is 7.04. The van der Waals surface area contributed by atoms with Crippen LogP contribution in [0.15, 0.2) is 17.0 Å². The van der Waals surface area contributed by atoms with Gasteiger partial charge in [0.1, 0.15) is 11.6 Å². The molecule has 1 aliphatic carbocycles. The molecular formula is C14H15F2NS. The van der Waals surface area contributed by atoms with E-state index in [4.69, 9.17) is 5.26 Å². The number of halogens is 2. The van der Waals surface area contributed by atoms with Gasteiger partial charge in [-0.05, 0) is 30.9 Å². The van der Waals surface area contributed by atoms with Crippen molar-refractivity contribution in [2.75, 3.05) is 0 Å². The fourth-order valence-electron chi connectivity index (χ4n) is 2.39. The predicted octanol–water partition coefficient (Wildman–Crippen LogP) is 4.51. The molecule has 0 heterocycles. The Morgan fingerprint density at radius 2 is 1.94 bits per heavy atom. The van der Waals surface area contributed by atoms with Crippen molar-refractivity contribution in [1.29, 1.82) is 5.26 Å². The van der Waals surface area contributed by atoms with E-state index < -0.39 is 11.6 Å². The zero-order valence-electron chi connectivity index (χ0n) is 10.2. The number of nitrogens with zero attached hydrogens (tertiary/aromatic N) is 1. The van der Waals surface area contributed by atoms with Crippen molar-refractivity contribution >= 4 is 11.8 Å². The Kier molecular flexibility index (Phi) is 4.23. The van der Waals surface area contributed by atoms with Crippen molar-refractivity contribution in [3.05, 3.63) is 29.3 Å². The first-order chi connectivity index (χ1) is 8.60. The molecular weight excluding hydrogens is 252 g/mol. The molecule has 18 heavy (non-hydrogen) atoms. The van der Waals surface area contributed by atoms with E-state index in [-0.39, 0.29) is 15.7 Å². The van der Waals surface area contributed by atoms with Crippen molar-refractivity contribution in [3.63, 3.8) is 0 Å². The Morgan fingerprint density at radius 1 is 1.28 bits per heavy atom. The average molecular weight is 267 g/mol. The van der Waals surface area contributed by atoms with Crippen LogP contribution in [0.3, 0.4) is 0 Å². The molecule has 0 spiro atoms. The van der Waals surface area contributed by atoms with Crippen molar-refractivity contribution in [1.82, 2.24) is 0 Å². The largest absolute Gasteiger partial charge is 0.206 e. The molecule has 1 aromatic rings. The van der Waals surface area contributed by atoms with Gasteiger partial charge in [-0.25, -0.2) is 8.78 Å². The molecule has 96 valence electrons. The summed E-state index contributed by atoms with van der Waals surface area (Å²) in [5.74, 6) is -0.606. The summed E-state index contributed by atoms with van der Waals surface area (Å²) in [4.78, 5) is 0.0631. The van der Waals surface area contributed by atoms with Gasteiger partial charge < -0.3 is 0 Å². The minimum atomic E-state index is -0.616. The van der Waals surface area contributed by atoms with E-state index >= 15 is 0 Å². The van der Waals surface area contributed by atoms with Crippen LogP contribution in [0.25, 0.3) is 0 Å². The third-order valence-corrected chi connectivity index (χ3v) is 4.69. The molecule has 0 N–H and O–H groups in total. The van der Waals surface area contributed by atoms with Crippen LogP contribution >= 0.6 is 11.8 Å². The SMILES string of the molecule is CC1CCCC(Sc2c(F)cc(C#N)cc2F)C1. The third-order valence-electron chi connectivity index (χ3n) is 3.30. The normalized spacial score (nSPS) is 23.7. The van der Waals surface area contributed by atoms with Gasteiger partial charge in [0.05, 0.1) is 16.5 Å². The van der Waals surface area contributed by atoms with Gasteiger partial charge >= 0.3 is 0 Å². The third kappa shape index (κ3) is 3.02. The molecule has 0 aromatic heterocycles. The van der Waals surface area contributed by atoms with E-state index in [9.17, 15) is 8.78 Å². The Bertz CT molecular complexity index is 458. The summed E-state index contributed by atoms with van der Waals surface area (Å²) < 4.78 is 27.5. The Morgan fingerprint density at radius 3 is 2.50 bits per heavy atom. The predicted molar refractivity (Wildman–Crippen MR) is 68.4 cm³/mol. The highest BCUT2D eigenvalue weighted by atomic mass is 32.2. The fraction of sp³-hybridized carbons (Fsp3) is 0.500. The summed E-state index contributed by atoms with van der Waals surface area (Å²) in [6.07, 6.45) is 4.34. The molecule has 0 aliphatic heterocycles. The Balaban J connectivity index is 2.16. The number of thioether (sulfide) groups is 1. The van der Waals surface area contributed by atoms with E-state index in [0.717, 1.165) is 31.4 Å². The van der Waals surface area contributed by atoms with Gasteiger partial charge in [0.15, 0.2) is 0 Å². The van der Waals surface area contributed by atoms with Gasteiger partial charge in [0.25, 0.3) is 0 Å². The summed E-state index contributed by atoms with van der Waals surface area (Å²) >= 11 is 1.28. The van der Waals surface area contributed by atoms with Crippen LogP contribution in [0.2, 0.25) is 0 Å². The highest BCUT2D eigenvalue weighted by Crippen LogP contribution is 2.38. The maximum Gasteiger partial charge on any atom is 0.141 e. The molecule has 0 bridgehead atoms. The van der Waals surface area contributed by atoms with Crippen molar-refractivity contribution in [2.45, 2.75) is 42.8 Å². The lowest BCUT2D eigenvalue weighted by Gasteiger charge is -2.26. The van der Waals surface area contributed by atoms with Gasteiger partial charge in [-0.1, -0.05) is 19.8 Å². The second-order valence-electron chi connectivity index (χ2n) is 4.89. The molecule has 0 radical (unpaired) electrons. The van der Waals surface area contributed by atoms with E-state index in [1.807, 2.05) is 0 Å². The molecule has 2 atom stereocenters. The maximum atomic E-state index is 13.7. The van der Waals surface area contributed by atoms with Crippen LogP contribution < -0.4 is 0 Å². The molecule has 1 aliphatic rings. The number of hydrogen-bond acceptors (Lipinski definition) is 2. The van der Waals surface area contributed by atoms with Crippen molar-refractivity contribution in [3.8, 4) is 6.07 Å². The highest BCUT2D eigenvalue weighted by molar-refractivity contribution is 8.00. The second-order valence-corrected chi connectivity index (χ2v) is 6.20. The highest BCUT2D eigenvalue weighted by Gasteiger charge is 2.23. The van der Waals surface area contributed by atoms with E-state index in [1.165, 1.54) is 18.2 Å². The molecule has 2 unspecified atom stereocenters. The quantitative estimate of drug-likeness (QED) is 0.787. The minimum Gasteiger partial charge on any atom is -0.206 e. The Labute approximate surface area is 110 Å². The molecule has 4 heteroatoms. The van der Waals surface area contributed by atoms with Crippen molar-refractivity contribution < 1.29 is 8.78 Å². The standard InChI is InChI=1S/C14H15F2NS/c1-9-3-2-4-11(5-9)18-14-12(15)6-10(8-17)7-13(14)16/h6-7,9,11H,2-5H2,1H3. The number of rotatable bonds is 2. The lowest BCUT2D eigenvalue weighted by molar-refractivity contribution is 0.393. The van der Waals surface area contributed by atoms with Crippen LogP contribution in [0.4, 0.5) is 8.78 Å². The maximum absolute atomic E-state index is 13.7. The van der Waals surface area contributed by atoms with E-state index in [1.54, 1.807) is 6.07 Å². The summed E-state index contributed by atoms with van der Waals surface area (Å²) in [6, 6.07) is 3.97. The summed E-state index contributed by atoms with van der Waals surface area (Å²) in [6.45, 7) is 2.18. The van der Waals surface area contributed by atoms with Gasteiger partial charge in [-0.2, -0.15) is 5.26 Å². The first kappa shape index (κ1) is 13.4. The zero-order valence-corrected chi connectivity index (χ0v) is 11.1. The molecule has 0 saturated heterocycles. The summed E-state index contributed by atoms with van der Waals surface area (Å²) in [5, 5.41) is 8.93. The van der Waals surface area contributed by atoms with Gasteiger partial charge in [-0.3, -0.25) is 0 Å². The molecule has 1 aromatic carbocycles. The average Bonchev–Trinajstić information content (AvgIpc) is 2.33. The van der Waals surface area contributed by atoms with Crippen LogP contribution in [0, 0.1) is 28.9 Å². The molecule has 2 rings (SSSR count). The topological polar surface area (TPSA) is 23.8 Å². The minimum absolute atomic E-state index is 0.0337. The van der Waals surface area contributed by atoms with Crippen LogP contribution in [0.5, 0.6) is 0 Å². The van der Waals surface area contributed by atoms with Gasteiger partial charge in [0, 0.05) is 5.25 Å².